The van der Waals surface area contributed by atoms with Gasteiger partial charge in [0.25, 0.3) is 0 Å². The highest BCUT2D eigenvalue weighted by Gasteiger charge is 2.23. The van der Waals surface area contributed by atoms with Crippen LogP contribution in [0.2, 0.25) is 0 Å². The smallest absolute Gasteiger partial charge is 0.221 e. The van der Waals surface area contributed by atoms with E-state index >= 15 is 0 Å². The topological polar surface area (TPSA) is 108 Å². The number of nitrogens with zero attached hydrogens (tertiary/aromatic N) is 4. The minimum Gasteiger partial charge on any atom is -0.369 e. The lowest BCUT2D eigenvalue weighted by Crippen LogP contribution is -2.41. The van der Waals surface area contributed by atoms with Gasteiger partial charge in [-0.2, -0.15) is 10.4 Å². The summed E-state index contributed by atoms with van der Waals surface area (Å²) in [5.41, 5.74) is 7.92. The highest BCUT2D eigenvalue weighted by Crippen LogP contribution is 2.20. The van der Waals surface area contributed by atoms with E-state index in [1.54, 1.807) is 0 Å². The van der Waals surface area contributed by atoms with E-state index in [1.807, 2.05) is 13.8 Å². The fraction of sp³-hybridized carbons (Fsp3) is 0.667. The van der Waals surface area contributed by atoms with Gasteiger partial charge in [0.15, 0.2) is 5.82 Å². The molecule has 0 saturated carbocycles. The number of anilines is 1. The number of hydrogen-bond donors (Lipinski definition) is 2. The van der Waals surface area contributed by atoms with Crippen molar-refractivity contribution in [1.82, 2.24) is 15.1 Å². The predicted molar refractivity (Wildman–Crippen MR) is 97.0 cm³/mol. The highest BCUT2D eigenvalue weighted by atomic mass is 16.1. The van der Waals surface area contributed by atoms with Crippen molar-refractivity contribution in [3.05, 3.63) is 16.8 Å². The molecule has 7 nitrogen and oxygen atoms in total. The number of primary amides is 1. The number of carbonyl (C=O) groups excluding carboxylic acids is 1. The minimum absolute atomic E-state index is 0.0218. The Morgan fingerprint density at radius 2 is 2.20 bits per heavy atom. The van der Waals surface area contributed by atoms with Gasteiger partial charge in [0.2, 0.25) is 5.91 Å². The van der Waals surface area contributed by atoms with E-state index in [0.29, 0.717) is 11.4 Å². The van der Waals surface area contributed by atoms with E-state index in [2.05, 4.69) is 26.5 Å². The first-order valence-electron chi connectivity index (χ1n) is 9.14. The largest absolute Gasteiger partial charge is 0.369 e. The summed E-state index contributed by atoms with van der Waals surface area (Å²) in [4.78, 5) is 13.6. The van der Waals surface area contributed by atoms with E-state index in [1.165, 1.54) is 0 Å². The first-order valence-corrected chi connectivity index (χ1v) is 9.14. The zero-order valence-electron chi connectivity index (χ0n) is 15.2. The second kappa shape index (κ2) is 9.33. The maximum absolute atomic E-state index is 11.3. The number of rotatable bonds is 8. The standard InChI is InChI=1S/C18H28N6O/c1-3-14-15(11-19)18(23-22-16(14)4-2)21-8-6-10-24-9-5-7-13(12-24)17(20)25/h13H,3-10,12H2,1-2H3,(H2,20,25)(H,21,23). The summed E-state index contributed by atoms with van der Waals surface area (Å²) in [5.74, 6) is 0.358. The molecule has 1 aromatic heterocycles. The summed E-state index contributed by atoms with van der Waals surface area (Å²) in [5, 5.41) is 21.2. The first-order chi connectivity index (χ1) is 12.1. The number of nitriles is 1. The molecule has 1 aliphatic rings. The Hall–Kier alpha value is -2.20. The lowest BCUT2D eigenvalue weighted by atomic mass is 9.97. The van der Waals surface area contributed by atoms with Crippen LogP contribution in [0.5, 0.6) is 0 Å². The lowest BCUT2D eigenvalue weighted by Gasteiger charge is -2.31. The molecule has 0 aliphatic carbocycles. The minimum atomic E-state index is -0.195. The monoisotopic (exact) mass is 344 g/mol. The van der Waals surface area contributed by atoms with Gasteiger partial charge in [0, 0.05) is 13.1 Å². The molecule has 1 amide bonds. The number of amides is 1. The molecule has 0 aromatic carbocycles. The van der Waals surface area contributed by atoms with Crippen molar-refractivity contribution in [2.75, 3.05) is 31.5 Å². The summed E-state index contributed by atoms with van der Waals surface area (Å²) < 4.78 is 0. The Bertz CT molecular complexity index is 639. The molecule has 1 saturated heterocycles. The highest BCUT2D eigenvalue weighted by molar-refractivity contribution is 5.76. The number of nitrogens with one attached hydrogen (secondary N) is 1. The Labute approximate surface area is 149 Å². The molecule has 2 rings (SSSR count). The summed E-state index contributed by atoms with van der Waals surface area (Å²) in [6.45, 7) is 7.44. The van der Waals surface area contributed by atoms with E-state index in [9.17, 15) is 10.1 Å². The molecule has 0 spiro atoms. The molecule has 1 atom stereocenters. The van der Waals surface area contributed by atoms with Gasteiger partial charge >= 0.3 is 0 Å². The van der Waals surface area contributed by atoms with Crippen molar-refractivity contribution in [1.29, 1.82) is 5.26 Å². The maximum Gasteiger partial charge on any atom is 0.221 e. The van der Waals surface area contributed by atoms with Gasteiger partial charge in [0.1, 0.15) is 11.6 Å². The molecule has 25 heavy (non-hydrogen) atoms. The average molecular weight is 344 g/mol. The molecular weight excluding hydrogens is 316 g/mol. The second-order valence-corrected chi connectivity index (χ2v) is 6.49. The van der Waals surface area contributed by atoms with Gasteiger partial charge in [0.05, 0.1) is 11.6 Å². The third-order valence-corrected chi connectivity index (χ3v) is 4.81. The van der Waals surface area contributed by atoms with Gasteiger partial charge < -0.3 is 16.0 Å². The Balaban J connectivity index is 1.88. The van der Waals surface area contributed by atoms with Crippen LogP contribution >= 0.6 is 0 Å². The van der Waals surface area contributed by atoms with Crippen LogP contribution in [-0.4, -0.2) is 47.2 Å². The van der Waals surface area contributed by atoms with Crippen LogP contribution in [-0.2, 0) is 17.6 Å². The summed E-state index contributed by atoms with van der Waals surface area (Å²) in [7, 11) is 0. The molecule has 1 aromatic rings. The zero-order valence-corrected chi connectivity index (χ0v) is 15.2. The third-order valence-electron chi connectivity index (χ3n) is 4.81. The van der Waals surface area contributed by atoms with Crippen molar-refractivity contribution in [3.8, 4) is 6.07 Å². The molecule has 3 N–H and O–H groups in total. The number of carbonyl (C=O) groups is 1. The molecule has 2 heterocycles. The Kier molecular flexibility index (Phi) is 7.14. The van der Waals surface area contributed by atoms with Crippen LogP contribution in [0.4, 0.5) is 5.82 Å². The third kappa shape index (κ3) is 4.89. The van der Waals surface area contributed by atoms with Crippen LogP contribution in [0.3, 0.4) is 0 Å². The fourth-order valence-corrected chi connectivity index (χ4v) is 3.42. The number of aromatic nitrogens is 2. The lowest BCUT2D eigenvalue weighted by molar-refractivity contribution is -0.123. The first kappa shape index (κ1) is 19.1. The van der Waals surface area contributed by atoms with Gasteiger partial charge in [-0.25, -0.2) is 0 Å². The van der Waals surface area contributed by atoms with Gasteiger partial charge in [-0.1, -0.05) is 13.8 Å². The molecule has 0 radical (unpaired) electrons. The van der Waals surface area contributed by atoms with E-state index < -0.39 is 0 Å². The molecule has 7 heteroatoms. The number of likely N-dealkylation sites (tertiary alicyclic amines) is 1. The summed E-state index contributed by atoms with van der Waals surface area (Å²) >= 11 is 0. The van der Waals surface area contributed by atoms with Crippen LogP contribution in [0.15, 0.2) is 0 Å². The maximum atomic E-state index is 11.3. The van der Waals surface area contributed by atoms with Crippen LogP contribution in [0.1, 0.15) is 49.9 Å². The van der Waals surface area contributed by atoms with Crippen molar-refractivity contribution in [3.63, 3.8) is 0 Å². The molecule has 1 fully saturated rings. The van der Waals surface area contributed by atoms with E-state index in [-0.39, 0.29) is 11.8 Å². The number of hydrogen-bond acceptors (Lipinski definition) is 6. The van der Waals surface area contributed by atoms with Crippen molar-refractivity contribution in [2.24, 2.45) is 11.7 Å². The van der Waals surface area contributed by atoms with Crippen LogP contribution < -0.4 is 11.1 Å². The van der Waals surface area contributed by atoms with Crippen LogP contribution in [0.25, 0.3) is 0 Å². The number of nitrogens with two attached hydrogens (primary N) is 1. The summed E-state index contributed by atoms with van der Waals surface area (Å²) in [6, 6.07) is 2.27. The molecule has 0 bridgehead atoms. The van der Waals surface area contributed by atoms with Crippen molar-refractivity contribution >= 4 is 11.7 Å². The predicted octanol–water partition coefficient (Wildman–Crippen LogP) is 1.47. The Morgan fingerprint density at radius 3 is 2.84 bits per heavy atom. The van der Waals surface area contributed by atoms with Gasteiger partial charge in [-0.05, 0) is 50.8 Å². The fourth-order valence-electron chi connectivity index (χ4n) is 3.42. The van der Waals surface area contributed by atoms with Gasteiger partial charge in [-0.3, -0.25) is 4.79 Å². The molecular formula is C18H28N6O. The Morgan fingerprint density at radius 1 is 1.40 bits per heavy atom. The van der Waals surface area contributed by atoms with Crippen molar-refractivity contribution in [2.45, 2.75) is 46.0 Å². The molecule has 1 unspecified atom stereocenters. The molecule has 1 aliphatic heterocycles. The van der Waals surface area contributed by atoms with Crippen LogP contribution in [0, 0.1) is 17.2 Å². The number of aryl methyl sites for hydroxylation is 1. The normalized spacial score (nSPS) is 17.9. The molecule has 136 valence electrons. The van der Waals surface area contributed by atoms with E-state index in [0.717, 1.165) is 69.5 Å². The quantitative estimate of drug-likeness (QED) is 0.692. The average Bonchev–Trinajstić information content (AvgIpc) is 2.64. The van der Waals surface area contributed by atoms with E-state index in [4.69, 9.17) is 5.73 Å². The SMILES string of the molecule is CCc1nnc(NCCCN2CCCC(C(N)=O)C2)c(C#N)c1CC. The van der Waals surface area contributed by atoms with Crippen molar-refractivity contribution < 1.29 is 4.79 Å². The van der Waals surface area contributed by atoms with Gasteiger partial charge in [-0.15, -0.1) is 5.10 Å². The number of piperidine rings is 1. The second-order valence-electron chi connectivity index (χ2n) is 6.49. The zero-order chi connectivity index (χ0) is 18.2. The summed E-state index contributed by atoms with van der Waals surface area (Å²) in [6.07, 6.45) is 4.38.